The first-order valence-electron chi connectivity index (χ1n) is 7.53. The summed E-state index contributed by atoms with van der Waals surface area (Å²) in [7, 11) is 0. The SMILES string of the molecule is N#Cc1nc(CCc2ccc(Br)cc2)c(-c2ccccc2)nc1N. The molecule has 0 amide bonds. The van der Waals surface area contributed by atoms with Crippen LogP contribution in [0.2, 0.25) is 0 Å². The molecule has 2 aromatic carbocycles. The minimum atomic E-state index is 0.170. The molecule has 0 saturated heterocycles. The maximum Gasteiger partial charge on any atom is 0.183 e. The normalized spacial score (nSPS) is 10.3. The van der Waals surface area contributed by atoms with Crippen molar-refractivity contribution in [2.24, 2.45) is 0 Å². The lowest BCUT2D eigenvalue weighted by Crippen LogP contribution is -2.06. The summed E-state index contributed by atoms with van der Waals surface area (Å²) in [5.41, 5.74) is 9.72. The molecule has 4 nitrogen and oxygen atoms in total. The van der Waals surface area contributed by atoms with E-state index in [9.17, 15) is 5.26 Å². The Morgan fingerprint density at radius 2 is 1.67 bits per heavy atom. The van der Waals surface area contributed by atoms with E-state index in [0.717, 1.165) is 27.8 Å². The van der Waals surface area contributed by atoms with Crippen LogP contribution in [0.5, 0.6) is 0 Å². The van der Waals surface area contributed by atoms with Gasteiger partial charge in [-0.2, -0.15) is 5.26 Å². The van der Waals surface area contributed by atoms with Crippen LogP contribution in [0.1, 0.15) is 17.0 Å². The Balaban J connectivity index is 1.95. The summed E-state index contributed by atoms with van der Waals surface area (Å²) in [6.45, 7) is 0. The van der Waals surface area contributed by atoms with Crippen LogP contribution >= 0.6 is 15.9 Å². The molecule has 0 aliphatic heterocycles. The molecule has 5 heteroatoms. The molecule has 2 N–H and O–H groups in total. The smallest absolute Gasteiger partial charge is 0.183 e. The standard InChI is InChI=1S/C19H15BrN4/c20-15-9-6-13(7-10-15)8-11-16-18(14-4-2-1-3-5-14)24-19(22)17(12-21)23-16/h1-7,9-10H,8,11H2,(H2,22,24). The van der Waals surface area contributed by atoms with Gasteiger partial charge in [0.15, 0.2) is 11.5 Å². The molecule has 1 heterocycles. The Morgan fingerprint density at radius 1 is 0.958 bits per heavy atom. The average molecular weight is 379 g/mol. The van der Waals surface area contributed by atoms with Crippen LogP contribution in [0.15, 0.2) is 59.1 Å². The molecular weight excluding hydrogens is 364 g/mol. The highest BCUT2D eigenvalue weighted by Gasteiger charge is 2.13. The van der Waals surface area contributed by atoms with Gasteiger partial charge in [0.1, 0.15) is 6.07 Å². The minimum Gasteiger partial charge on any atom is -0.381 e. The lowest BCUT2D eigenvalue weighted by Gasteiger charge is -2.10. The third kappa shape index (κ3) is 3.61. The molecule has 0 bridgehead atoms. The second-order valence-corrected chi connectivity index (χ2v) is 6.27. The van der Waals surface area contributed by atoms with E-state index in [2.05, 4.69) is 38.0 Å². The van der Waals surface area contributed by atoms with Crippen molar-refractivity contribution in [3.05, 3.63) is 76.0 Å². The predicted molar refractivity (Wildman–Crippen MR) is 98.1 cm³/mol. The van der Waals surface area contributed by atoms with Gasteiger partial charge in [-0.1, -0.05) is 58.4 Å². The quantitative estimate of drug-likeness (QED) is 0.739. The van der Waals surface area contributed by atoms with Gasteiger partial charge in [-0.15, -0.1) is 0 Å². The number of nitrogens with two attached hydrogens (primary N) is 1. The van der Waals surface area contributed by atoms with Gasteiger partial charge in [-0.05, 0) is 30.5 Å². The van der Waals surface area contributed by atoms with Crippen LogP contribution in [-0.2, 0) is 12.8 Å². The van der Waals surface area contributed by atoms with Gasteiger partial charge in [0, 0.05) is 10.0 Å². The summed E-state index contributed by atoms with van der Waals surface area (Å²) in [4.78, 5) is 8.87. The molecule has 0 spiro atoms. The Bertz CT molecular complexity index is 884. The van der Waals surface area contributed by atoms with Gasteiger partial charge >= 0.3 is 0 Å². The highest BCUT2D eigenvalue weighted by molar-refractivity contribution is 9.10. The summed E-state index contributed by atoms with van der Waals surface area (Å²) < 4.78 is 1.05. The number of nitriles is 1. The Labute approximate surface area is 149 Å². The van der Waals surface area contributed by atoms with Crippen LogP contribution in [-0.4, -0.2) is 9.97 Å². The summed E-state index contributed by atoms with van der Waals surface area (Å²) in [6, 6.07) is 20.0. The number of halogens is 1. The maximum atomic E-state index is 9.18. The zero-order valence-corrected chi connectivity index (χ0v) is 14.5. The van der Waals surface area contributed by atoms with E-state index in [-0.39, 0.29) is 11.5 Å². The third-order valence-electron chi connectivity index (χ3n) is 3.71. The lowest BCUT2D eigenvalue weighted by molar-refractivity contribution is 0.900. The summed E-state index contributed by atoms with van der Waals surface area (Å²) >= 11 is 3.44. The Hall–Kier alpha value is -2.71. The van der Waals surface area contributed by atoms with Crippen molar-refractivity contribution in [3.8, 4) is 17.3 Å². The number of hydrogen-bond acceptors (Lipinski definition) is 4. The molecule has 0 radical (unpaired) electrons. The van der Waals surface area contributed by atoms with Gasteiger partial charge in [-0.3, -0.25) is 0 Å². The van der Waals surface area contributed by atoms with Gasteiger partial charge < -0.3 is 5.73 Å². The van der Waals surface area contributed by atoms with Crippen molar-refractivity contribution >= 4 is 21.7 Å². The molecule has 0 atom stereocenters. The molecule has 118 valence electrons. The topological polar surface area (TPSA) is 75.6 Å². The average Bonchev–Trinajstić information content (AvgIpc) is 2.62. The number of hydrogen-bond donors (Lipinski definition) is 1. The first kappa shape index (κ1) is 16.2. The monoisotopic (exact) mass is 378 g/mol. The van der Waals surface area contributed by atoms with Crippen LogP contribution in [0.4, 0.5) is 5.82 Å². The first-order chi connectivity index (χ1) is 11.7. The zero-order chi connectivity index (χ0) is 16.9. The molecular formula is C19H15BrN4. The molecule has 24 heavy (non-hydrogen) atoms. The highest BCUT2D eigenvalue weighted by Crippen LogP contribution is 2.24. The van der Waals surface area contributed by atoms with E-state index in [1.54, 1.807) is 0 Å². The van der Waals surface area contributed by atoms with Crippen molar-refractivity contribution in [3.63, 3.8) is 0 Å². The maximum absolute atomic E-state index is 9.18. The van der Waals surface area contributed by atoms with Crippen molar-refractivity contribution in [2.75, 3.05) is 5.73 Å². The van der Waals surface area contributed by atoms with Crippen LogP contribution in [0.3, 0.4) is 0 Å². The highest BCUT2D eigenvalue weighted by atomic mass is 79.9. The number of aromatic nitrogens is 2. The van der Waals surface area contributed by atoms with Gasteiger partial charge in [0.05, 0.1) is 11.4 Å². The summed E-state index contributed by atoms with van der Waals surface area (Å²) in [6.07, 6.45) is 1.50. The second-order valence-electron chi connectivity index (χ2n) is 5.36. The number of aryl methyl sites for hydroxylation is 2. The van der Waals surface area contributed by atoms with Gasteiger partial charge in [0.25, 0.3) is 0 Å². The Kier molecular flexibility index (Phi) is 4.88. The van der Waals surface area contributed by atoms with Crippen molar-refractivity contribution < 1.29 is 0 Å². The molecule has 3 rings (SSSR count). The fourth-order valence-corrected chi connectivity index (χ4v) is 2.75. The van der Waals surface area contributed by atoms with E-state index in [1.165, 1.54) is 5.56 Å². The van der Waals surface area contributed by atoms with E-state index in [1.807, 2.05) is 48.5 Å². The van der Waals surface area contributed by atoms with Crippen molar-refractivity contribution in [2.45, 2.75) is 12.8 Å². The number of anilines is 1. The van der Waals surface area contributed by atoms with Crippen LogP contribution in [0, 0.1) is 11.3 Å². The van der Waals surface area contributed by atoms with E-state index in [4.69, 9.17) is 5.73 Å². The molecule has 0 unspecified atom stereocenters. The third-order valence-corrected chi connectivity index (χ3v) is 4.24. The summed E-state index contributed by atoms with van der Waals surface area (Å²) in [5.74, 6) is 0.170. The number of rotatable bonds is 4. The van der Waals surface area contributed by atoms with Crippen molar-refractivity contribution in [1.29, 1.82) is 5.26 Å². The number of nitrogen functional groups attached to an aromatic ring is 1. The second kappa shape index (κ2) is 7.24. The molecule has 0 aliphatic rings. The van der Waals surface area contributed by atoms with Crippen LogP contribution in [0.25, 0.3) is 11.3 Å². The molecule has 0 saturated carbocycles. The zero-order valence-electron chi connectivity index (χ0n) is 12.9. The molecule has 0 fully saturated rings. The number of nitrogens with zero attached hydrogens (tertiary/aromatic N) is 3. The van der Waals surface area contributed by atoms with E-state index >= 15 is 0 Å². The molecule has 0 aliphatic carbocycles. The Morgan fingerprint density at radius 3 is 2.33 bits per heavy atom. The van der Waals surface area contributed by atoms with Crippen LogP contribution < -0.4 is 5.73 Å². The fraction of sp³-hybridized carbons (Fsp3) is 0.105. The predicted octanol–water partition coefficient (Wildman–Crippen LogP) is 4.15. The van der Waals surface area contributed by atoms with Crippen molar-refractivity contribution in [1.82, 2.24) is 9.97 Å². The van der Waals surface area contributed by atoms with E-state index in [0.29, 0.717) is 6.42 Å². The van der Waals surface area contributed by atoms with Gasteiger partial charge in [-0.25, -0.2) is 9.97 Å². The van der Waals surface area contributed by atoms with Gasteiger partial charge in [0.2, 0.25) is 0 Å². The number of benzene rings is 2. The first-order valence-corrected chi connectivity index (χ1v) is 8.33. The molecule has 1 aromatic heterocycles. The lowest BCUT2D eigenvalue weighted by atomic mass is 10.0. The van der Waals surface area contributed by atoms with E-state index < -0.39 is 0 Å². The fourth-order valence-electron chi connectivity index (χ4n) is 2.48. The minimum absolute atomic E-state index is 0.170. The largest absolute Gasteiger partial charge is 0.381 e. The molecule has 3 aromatic rings. The summed E-state index contributed by atoms with van der Waals surface area (Å²) in [5, 5.41) is 9.18.